The quantitative estimate of drug-likeness (QED) is 0.918. The van der Waals surface area contributed by atoms with Gasteiger partial charge in [0.15, 0.2) is 0 Å². The summed E-state index contributed by atoms with van der Waals surface area (Å²) in [6.07, 6.45) is 0. The lowest BCUT2D eigenvalue weighted by molar-refractivity contribution is -0.144. The Labute approximate surface area is 116 Å². The Bertz CT molecular complexity index is 454. The van der Waals surface area contributed by atoms with Crippen LogP contribution in [0.4, 0.5) is 4.79 Å². The van der Waals surface area contributed by atoms with Gasteiger partial charge in [-0.15, -0.1) is 11.3 Å². The first kappa shape index (κ1) is 13.9. The van der Waals surface area contributed by atoms with Crippen molar-refractivity contribution in [2.75, 3.05) is 20.1 Å². The van der Waals surface area contributed by atoms with Gasteiger partial charge in [-0.2, -0.15) is 0 Å². The summed E-state index contributed by atoms with van der Waals surface area (Å²) in [5, 5.41) is 10.9. The second-order valence-electron chi connectivity index (χ2n) is 5.01. The lowest BCUT2D eigenvalue weighted by Crippen LogP contribution is -2.56. The van der Waals surface area contributed by atoms with E-state index in [9.17, 15) is 9.59 Å². The number of hydrogen-bond donors (Lipinski definition) is 1. The molecule has 1 aliphatic rings. The van der Waals surface area contributed by atoms with Crippen LogP contribution in [0.1, 0.15) is 11.8 Å². The van der Waals surface area contributed by atoms with Crippen molar-refractivity contribution in [1.82, 2.24) is 9.80 Å². The Morgan fingerprint density at radius 1 is 1.58 bits per heavy atom. The Kier molecular flexibility index (Phi) is 4.09. The van der Waals surface area contributed by atoms with Gasteiger partial charge in [-0.25, -0.2) is 4.79 Å². The van der Waals surface area contributed by atoms with Crippen molar-refractivity contribution in [2.24, 2.45) is 11.8 Å². The fourth-order valence-electron chi connectivity index (χ4n) is 2.13. The van der Waals surface area contributed by atoms with Crippen LogP contribution in [0.5, 0.6) is 0 Å². The van der Waals surface area contributed by atoms with Gasteiger partial charge >= 0.3 is 12.0 Å². The molecule has 2 heterocycles. The summed E-state index contributed by atoms with van der Waals surface area (Å²) < 4.78 is 0. The van der Waals surface area contributed by atoms with E-state index in [1.54, 1.807) is 35.1 Å². The lowest BCUT2D eigenvalue weighted by atomic mass is 9.87. The van der Waals surface area contributed by atoms with E-state index < -0.39 is 5.97 Å². The van der Waals surface area contributed by atoms with Gasteiger partial charge in [0.1, 0.15) is 0 Å². The Hall–Kier alpha value is -1.56. The van der Waals surface area contributed by atoms with Crippen LogP contribution < -0.4 is 0 Å². The highest BCUT2D eigenvalue weighted by Gasteiger charge is 2.38. The Morgan fingerprint density at radius 3 is 2.79 bits per heavy atom. The summed E-state index contributed by atoms with van der Waals surface area (Å²) in [6, 6.07) is 3.94. The average Bonchev–Trinajstić information content (AvgIpc) is 2.79. The number of carbonyl (C=O) groups excluding carboxylic acids is 1. The summed E-state index contributed by atoms with van der Waals surface area (Å²) >= 11 is 1.63. The maximum atomic E-state index is 12.1. The third-order valence-corrected chi connectivity index (χ3v) is 4.44. The first-order chi connectivity index (χ1) is 8.99. The molecule has 1 N–H and O–H groups in total. The number of carboxylic acid groups (broad SMARTS) is 1. The molecule has 19 heavy (non-hydrogen) atoms. The van der Waals surface area contributed by atoms with E-state index in [-0.39, 0.29) is 17.9 Å². The van der Waals surface area contributed by atoms with E-state index in [1.165, 1.54) is 0 Å². The number of likely N-dealkylation sites (tertiary alicyclic amines) is 1. The Morgan fingerprint density at radius 2 is 2.26 bits per heavy atom. The number of urea groups is 1. The lowest BCUT2D eigenvalue weighted by Gasteiger charge is -2.42. The van der Waals surface area contributed by atoms with Gasteiger partial charge < -0.3 is 14.9 Å². The molecule has 1 aromatic heterocycles. The molecule has 2 rings (SSSR count). The van der Waals surface area contributed by atoms with Crippen LogP contribution in [0.2, 0.25) is 0 Å². The molecule has 2 amide bonds. The molecule has 1 saturated heterocycles. The number of amides is 2. The van der Waals surface area contributed by atoms with Gasteiger partial charge in [0.2, 0.25) is 0 Å². The van der Waals surface area contributed by atoms with Crippen LogP contribution in [0.25, 0.3) is 0 Å². The topological polar surface area (TPSA) is 60.9 Å². The van der Waals surface area contributed by atoms with Crippen LogP contribution in [0.3, 0.4) is 0 Å². The van der Waals surface area contributed by atoms with E-state index in [2.05, 4.69) is 0 Å². The number of carbonyl (C=O) groups is 2. The summed E-state index contributed by atoms with van der Waals surface area (Å²) in [5.41, 5.74) is 0. The highest BCUT2D eigenvalue weighted by Crippen LogP contribution is 2.25. The molecule has 6 heteroatoms. The van der Waals surface area contributed by atoms with Crippen LogP contribution in [0.15, 0.2) is 17.5 Å². The summed E-state index contributed by atoms with van der Waals surface area (Å²) in [4.78, 5) is 27.5. The minimum Gasteiger partial charge on any atom is -0.481 e. The number of carboxylic acids is 1. The number of nitrogens with zero attached hydrogens (tertiary/aromatic N) is 2. The third kappa shape index (κ3) is 3.07. The molecule has 0 spiro atoms. The van der Waals surface area contributed by atoms with E-state index >= 15 is 0 Å². The maximum Gasteiger partial charge on any atom is 0.320 e. The largest absolute Gasteiger partial charge is 0.481 e. The first-order valence-electron chi connectivity index (χ1n) is 6.24. The van der Waals surface area contributed by atoms with Gasteiger partial charge in [0.05, 0.1) is 12.5 Å². The van der Waals surface area contributed by atoms with Crippen molar-refractivity contribution in [3.63, 3.8) is 0 Å². The molecule has 0 saturated carbocycles. The fraction of sp³-hybridized carbons (Fsp3) is 0.538. The van der Waals surface area contributed by atoms with Gasteiger partial charge in [0, 0.05) is 30.9 Å². The molecule has 5 nitrogen and oxygen atoms in total. The van der Waals surface area contributed by atoms with Crippen molar-refractivity contribution in [3.05, 3.63) is 22.4 Å². The van der Waals surface area contributed by atoms with E-state index in [1.807, 2.05) is 17.5 Å². The van der Waals surface area contributed by atoms with Crippen LogP contribution >= 0.6 is 11.3 Å². The van der Waals surface area contributed by atoms with Gasteiger partial charge in [0.25, 0.3) is 0 Å². The zero-order valence-electron chi connectivity index (χ0n) is 11.1. The molecule has 1 aromatic rings. The number of thiophene rings is 1. The van der Waals surface area contributed by atoms with E-state index in [0.29, 0.717) is 19.6 Å². The molecule has 0 aromatic carbocycles. The third-order valence-electron chi connectivity index (χ3n) is 3.58. The second kappa shape index (κ2) is 5.61. The molecule has 0 radical (unpaired) electrons. The Balaban J connectivity index is 1.81. The second-order valence-corrected chi connectivity index (χ2v) is 6.04. The molecule has 1 aliphatic heterocycles. The number of rotatable bonds is 4. The molecule has 104 valence electrons. The van der Waals surface area contributed by atoms with Crippen LogP contribution in [-0.4, -0.2) is 47.0 Å². The maximum absolute atomic E-state index is 12.1. The van der Waals surface area contributed by atoms with E-state index in [0.717, 1.165) is 4.88 Å². The predicted molar refractivity (Wildman–Crippen MR) is 73.0 cm³/mol. The highest BCUT2D eigenvalue weighted by atomic mass is 32.1. The monoisotopic (exact) mass is 282 g/mol. The predicted octanol–water partition coefficient (Wildman–Crippen LogP) is 1.95. The molecule has 0 aliphatic carbocycles. The van der Waals surface area contributed by atoms with Gasteiger partial charge in [-0.3, -0.25) is 4.79 Å². The molecule has 1 atom stereocenters. The van der Waals surface area contributed by atoms with Crippen molar-refractivity contribution < 1.29 is 14.7 Å². The SMILES string of the molecule is CC(C(=O)O)C1CN(C(=O)N(C)Cc2cccs2)C1. The molecular weight excluding hydrogens is 264 g/mol. The smallest absolute Gasteiger partial charge is 0.320 e. The van der Waals surface area contributed by atoms with Gasteiger partial charge in [-0.05, 0) is 11.4 Å². The molecular formula is C13H18N2O3S. The summed E-state index contributed by atoms with van der Waals surface area (Å²) in [5.74, 6) is -1.09. The normalized spacial score (nSPS) is 16.8. The fourth-order valence-corrected chi connectivity index (χ4v) is 2.89. The van der Waals surface area contributed by atoms with Gasteiger partial charge in [-0.1, -0.05) is 13.0 Å². The molecule has 0 bridgehead atoms. The highest BCUT2D eigenvalue weighted by molar-refractivity contribution is 7.09. The average molecular weight is 282 g/mol. The summed E-state index contributed by atoms with van der Waals surface area (Å²) in [7, 11) is 1.77. The minimum atomic E-state index is -0.788. The number of aliphatic carboxylic acids is 1. The van der Waals surface area contributed by atoms with Crippen LogP contribution in [0, 0.1) is 11.8 Å². The zero-order chi connectivity index (χ0) is 14.0. The zero-order valence-corrected chi connectivity index (χ0v) is 11.9. The van der Waals surface area contributed by atoms with Crippen LogP contribution in [-0.2, 0) is 11.3 Å². The number of hydrogen-bond acceptors (Lipinski definition) is 3. The van der Waals surface area contributed by atoms with E-state index in [4.69, 9.17) is 5.11 Å². The minimum absolute atomic E-state index is 0.0257. The molecule has 1 fully saturated rings. The van der Waals surface area contributed by atoms with Crippen molar-refractivity contribution in [1.29, 1.82) is 0 Å². The van der Waals surface area contributed by atoms with Crippen molar-refractivity contribution in [3.8, 4) is 0 Å². The summed E-state index contributed by atoms with van der Waals surface area (Å²) in [6.45, 7) is 3.39. The van der Waals surface area contributed by atoms with Crippen molar-refractivity contribution in [2.45, 2.75) is 13.5 Å². The molecule has 1 unspecified atom stereocenters. The van der Waals surface area contributed by atoms with Crippen molar-refractivity contribution >= 4 is 23.3 Å². The standard InChI is InChI=1S/C13H18N2O3S/c1-9(12(16)17)10-6-15(7-10)13(18)14(2)8-11-4-3-5-19-11/h3-5,9-10H,6-8H2,1-2H3,(H,16,17). The first-order valence-corrected chi connectivity index (χ1v) is 7.12.